The van der Waals surface area contributed by atoms with E-state index in [4.69, 9.17) is 0 Å². The molecular formula is C25H21F2NZr. The molecule has 0 atom stereocenters. The fraction of sp³-hybridized carbons (Fsp3) is 0.0400. The van der Waals surface area contributed by atoms with Crippen molar-refractivity contribution in [1.82, 2.24) is 4.57 Å². The minimum Gasteiger partial charge on any atom is -1.00 e. The molecule has 0 amide bonds. The normalized spacial score (nSPS) is 9.38. The molecule has 0 spiro atoms. The maximum absolute atomic E-state index is 2.20. The quantitative estimate of drug-likeness (QED) is 0.340. The number of nitrogens with zero attached hydrogens (tertiary/aromatic N) is 1. The Bertz CT molecular complexity index is 1020. The topological polar surface area (TPSA) is 4.93 Å². The Hall–Kier alpha value is -2.58. The summed E-state index contributed by atoms with van der Waals surface area (Å²) in [5.41, 5.74) is 4.00. The van der Waals surface area contributed by atoms with E-state index in [1.807, 2.05) is 12.1 Å². The predicted octanol–water partition coefficient (Wildman–Crippen LogP) is 0.351. The van der Waals surface area contributed by atoms with Gasteiger partial charge in [0.05, 0.1) is 0 Å². The first kappa shape index (κ1) is 24.5. The summed E-state index contributed by atoms with van der Waals surface area (Å²) in [6.07, 6.45) is 5.18. The molecule has 1 nitrogen and oxygen atoms in total. The second-order valence-electron chi connectivity index (χ2n) is 6.39. The average molecular weight is 465 g/mol. The molecule has 144 valence electrons. The number of rotatable bonds is 3. The first-order valence-electron chi connectivity index (χ1n) is 8.92. The van der Waals surface area contributed by atoms with Crippen molar-refractivity contribution in [1.29, 1.82) is 0 Å². The summed E-state index contributed by atoms with van der Waals surface area (Å²) in [5.74, 6) is 0. The van der Waals surface area contributed by atoms with Crippen molar-refractivity contribution < 1.29 is 35.6 Å². The molecule has 4 heteroatoms. The van der Waals surface area contributed by atoms with E-state index >= 15 is 0 Å². The Balaban J connectivity index is 0.000000266. The molecule has 0 fully saturated rings. The van der Waals surface area contributed by atoms with Gasteiger partial charge in [0, 0.05) is 12.4 Å². The Morgan fingerprint density at radius 2 is 1.34 bits per heavy atom. The van der Waals surface area contributed by atoms with Crippen LogP contribution in [0.3, 0.4) is 0 Å². The van der Waals surface area contributed by atoms with E-state index in [1.165, 1.54) is 27.6 Å². The monoisotopic (exact) mass is 463 g/mol. The second kappa shape index (κ2) is 12.1. The van der Waals surface area contributed by atoms with Crippen LogP contribution in [0, 0.1) is 0 Å². The minimum absolute atomic E-state index is 0. The van der Waals surface area contributed by atoms with Crippen LogP contribution in [0.2, 0.25) is 0 Å². The first-order valence-corrected chi connectivity index (χ1v) is 8.92. The average Bonchev–Trinajstić information content (AvgIpc) is 3.44. The molecule has 4 aromatic carbocycles. The number of fused-ring (bicyclic) bond motifs is 1. The molecule has 1 heterocycles. The molecule has 0 bridgehead atoms. The third-order valence-electron chi connectivity index (χ3n) is 4.49. The number of hydrogen-bond donors (Lipinski definition) is 0. The minimum atomic E-state index is 0. The Labute approximate surface area is 189 Å². The Morgan fingerprint density at radius 1 is 0.724 bits per heavy atom. The van der Waals surface area contributed by atoms with Gasteiger partial charge in [0.15, 0.2) is 0 Å². The fourth-order valence-corrected chi connectivity index (χ4v) is 3.15. The van der Waals surface area contributed by atoms with E-state index < -0.39 is 0 Å². The zero-order chi connectivity index (χ0) is 17.6. The molecule has 0 aliphatic rings. The summed E-state index contributed by atoms with van der Waals surface area (Å²) in [4.78, 5) is 0. The van der Waals surface area contributed by atoms with E-state index in [-0.39, 0.29) is 35.6 Å². The first-order chi connectivity index (χ1) is 12.9. The van der Waals surface area contributed by atoms with Gasteiger partial charge in [0.1, 0.15) is 0 Å². The van der Waals surface area contributed by atoms with Crippen LogP contribution < -0.4 is 9.41 Å². The fourth-order valence-electron chi connectivity index (χ4n) is 3.15. The molecule has 0 unspecified atom stereocenters. The van der Waals surface area contributed by atoms with Crippen molar-refractivity contribution in [3.8, 4) is 5.69 Å². The summed E-state index contributed by atoms with van der Waals surface area (Å²) in [5, 5.41) is 2.60. The van der Waals surface area contributed by atoms with Gasteiger partial charge in [-0.15, -0.1) is 41.1 Å². The van der Waals surface area contributed by atoms with Gasteiger partial charge in [-0.05, 0) is 24.2 Å². The van der Waals surface area contributed by atoms with Crippen LogP contribution in [-0.2, 0) is 32.6 Å². The molecule has 5 rings (SSSR count). The van der Waals surface area contributed by atoms with Crippen LogP contribution in [-0.4, -0.2) is 4.57 Å². The number of benzene rings is 2. The molecule has 0 saturated heterocycles. The number of halogens is 2. The summed E-state index contributed by atoms with van der Waals surface area (Å²) in [7, 11) is 0. The van der Waals surface area contributed by atoms with Gasteiger partial charge < -0.3 is 14.0 Å². The van der Waals surface area contributed by atoms with E-state index in [1.54, 1.807) is 0 Å². The number of hydrogen-bond acceptors (Lipinski definition) is 0. The second-order valence-corrected chi connectivity index (χ2v) is 6.39. The van der Waals surface area contributed by atoms with Crippen molar-refractivity contribution in [2.75, 3.05) is 0 Å². The van der Waals surface area contributed by atoms with Crippen LogP contribution in [0.25, 0.3) is 16.5 Å². The van der Waals surface area contributed by atoms with Crippen molar-refractivity contribution in [3.63, 3.8) is 0 Å². The Kier molecular flexibility index (Phi) is 10.2. The van der Waals surface area contributed by atoms with Gasteiger partial charge in [-0.25, -0.2) is 12.1 Å². The van der Waals surface area contributed by atoms with Gasteiger partial charge in [-0.3, -0.25) is 0 Å². The molecular weight excluding hydrogens is 444 g/mol. The van der Waals surface area contributed by atoms with Crippen molar-refractivity contribution in [2.45, 2.75) is 6.42 Å². The van der Waals surface area contributed by atoms with Crippen LogP contribution in [0.5, 0.6) is 0 Å². The third kappa shape index (κ3) is 6.47. The molecule has 29 heavy (non-hydrogen) atoms. The maximum Gasteiger partial charge on any atom is 4.00 e. The summed E-state index contributed by atoms with van der Waals surface area (Å²) < 4.78 is 2.12. The third-order valence-corrected chi connectivity index (χ3v) is 4.49. The molecule has 0 aliphatic heterocycles. The molecule has 1 aromatic heterocycles. The summed E-state index contributed by atoms with van der Waals surface area (Å²) >= 11 is 0. The molecule has 0 radical (unpaired) electrons. The molecule has 0 saturated carbocycles. The molecule has 5 aromatic rings. The van der Waals surface area contributed by atoms with Crippen LogP contribution in [0.4, 0.5) is 0 Å². The van der Waals surface area contributed by atoms with Gasteiger partial charge in [-0.1, -0.05) is 42.0 Å². The van der Waals surface area contributed by atoms with Crippen molar-refractivity contribution >= 4 is 10.8 Å². The summed E-state index contributed by atoms with van der Waals surface area (Å²) in [6.45, 7) is 0. The Morgan fingerprint density at radius 3 is 2.00 bits per heavy atom. The predicted molar refractivity (Wildman–Crippen MR) is 110 cm³/mol. The largest absolute Gasteiger partial charge is 4.00 e. The standard InChI is InChI=1S/C13H10N.C12H11.2FH.Zr/c1-2-6-12-10-13(9-11(12)5-1)14-7-3-4-8-14;1-2-6-11(7-3-1)10-12-8-4-5-9-12;;;/h1-10H;1-9H,10H2;2*1H;/q2*-1;;;+4/p-2. The van der Waals surface area contributed by atoms with E-state index in [9.17, 15) is 0 Å². The van der Waals surface area contributed by atoms with Gasteiger partial charge in [-0.2, -0.15) is 17.7 Å². The van der Waals surface area contributed by atoms with E-state index in [0.29, 0.717) is 0 Å². The van der Waals surface area contributed by atoms with Crippen molar-refractivity contribution in [3.05, 3.63) is 127 Å². The zero-order valence-electron chi connectivity index (χ0n) is 15.9. The zero-order valence-corrected chi connectivity index (χ0v) is 18.3. The molecule has 0 N–H and O–H groups in total. The van der Waals surface area contributed by atoms with Gasteiger partial charge in [0.2, 0.25) is 0 Å². The molecule has 0 aliphatic carbocycles. The van der Waals surface area contributed by atoms with E-state index in [0.717, 1.165) is 6.42 Å². The summed E-state index contributed by atoms with van der Waals surface area (Å²) in [6, 6.07) is 35.9. The maximum atomic E-state index is 2.20. The van der Waals surface area contributed by atoms with Crippen molar-refractivity contribution in [2.24, 2.45) is 0 Å². The van der Waals surface area contributed by atoms with Crippen LogP contribution in [0.1, 0.15) is 11.1 Å². The van der Waals surface area contributed by atoms with Crippen LogP contribution in [0.15, 0.2) is 116 Å². The van der Waals surface area contributed by atoms with Gasteiger partial charge >= 0.3 is 26.2 Å². The SMILES string of the molecule is [F-].[F-].[Zr+4].c1ccc(C[c-]2cccc2)cc1.c1ccc2[cH-]c(-n3cccc3)cc2c1. The number of aromatic nitrogens is 1. The van der Waals surface area contributed by atoms with E-state index in [2.05, 4.69) is 108 Å². The van der Waals surface area contributed by atoms with Crippen LogP contribution >= 0.6 is 0 Å². The van der Waals surface area contributed by atoms with Gasteiger partial charge in [0.25, 0.3) is 0 Å². The smallest absolute Gasteiger partial charge is 1.00 e.